The van der Waals surface area contributed by atoms with Gasteiger partial charge in [-0.25, -0.2) is 4.98 Å². The number of nitrogens with one attached hydrogen (secondary N) is 1. The van der Waals surface area contributed by atoms with Crippen molar-refractivity contribution in [2.24, 2.45) is 0 Å². The van der Waals surface area contributed by atoms with E-state index in [2.05, 4.69) is 34.6 Å². The Bertz CT molecular complexity index is 291. The summed E-state index contributed by atoms with van der Waals surface area (Å²) in [6, 6.07) is 1.15. The highest BCUT2D eigenvalue weighted by molar-refractivity contribution is 7.09. The first-order valence-corrected chi connectivity index (χ1v) is 6.99. The summed E-state index contributed by atoms with van der Waals surface area (Å²) in [5.74, 6) is 0. The zero-order chi connectivity index (χ0) is 11.4. The zero-order valence-electron chi connectivity index (χ0n) is 10.1. The lowest BCUT2D eigenvalue weighted by Crippen LogP contribution is -2.34. The number of rotatable bonds is 3. The van der Waals surface area contributed by atoms with Crippen LogP contribution in [0.3, 0.4) is 0 Å². The molecule has 2 atom stereocenters. The monoisotopic (exact) mass is 239 g/mol. The molecule has 90 valence electrons. The van der Waals surface area contributed by atoms with Crippen LogP contribution in [-0.2, 0) is 0 Å². The average molecular weight is 239 g/mol. The molecule has 0 saturated carbocycles. The lowest BCUT2D eigenvalue weighted by Gasteiger charge is -2.31. The number of aromatic nitrogens is 1. The number of hydrogen-bond acceptors (Lipinski definition) is 4. The Morgan fingerprint density at radius 1 is 1.50 bits per heavy atom. The maximum atomic E-state index is 4.42. The Morgan fingerprint density at radius 3 is 3.12 bits per heavy atom. The summed E-state index contributed by atoms with van der Waals surface area (Å²) in [6.07, 6.45) is 5.75. The SMILES string of the molecule is CC(c1nccs1)N(C)C1CCCNCC1. The van der Waals surface area contributed by atoms with Crippen molar-refractivity contribution in [1.29, 1.82) is 0 Å². The predicted octanol–water partition coefficient (Wildman–Crippen LogP) is 2.28. The van der Waals surface area contributed by atoms with E-state index in [1.165, 1.54) is 30.8 Å². The van der Waals surface area contributed by atoms with Crippen LogP contribution in [0.4, 0.5) is 0 Å². The van der Waals surface area contributed by atoms with E-state index < -0.39 is 0 Å². The number of thiazole rings is 1. The van der Waals surface area contributed by atoms with Gasteiger partial charge in [0.2, 0.25) is 0 Å². The van der Waals surface area contributed by atoms with Crippen LogP contribution in [0.2, 0.25) is 0 Å². The molecule has 1 aromatic heterocycles. The first kappa shape index (κ1) is 12.0. The maximum Gasteiger partial charge on any atom is 0.109 e. The molecule has 0 aliphatic carbocycles. The molecule has 3 nitrogen and oxygen atoms in total. The molecule has 2 heterocycles. The molecular weight excluding hydrogens is 218 g/mol. The molecule has 0 aromatic carbocycles. The molecule has 1 N–H and O–H groups in total. The van der Waals surface area contributed by atoms with Gasteiger partial charge >= 0.3 is 0 Å². The summed E-state index contributed by atoms with van der Waals surface area (Å²) < 4.78 is 0. The summed E-state index contributed by atoms with van der Waals surface area (Å²) in [7, 11) is 2.24. The molecule has 4 heteroatoms. The highest BCUT2D eigenvalue weighted by Gasteiger charge is 2.22. The van der Waals surface area contributed by atoms with Crippen molar-refractivity contribution in [2.45, 2.75) is 38.3 Å². The Kier molecular flexibility index (Phi) is 4.32. The summed E-state index contributed by atoms with van der Waals surface area (Å²) in [5, 5.41) is 6.77. The smallest absolute Gasteiger partial charge is 0.109 e. The second-order valence-corrected chi connectivity index (χ2v) is 5.47. The molecule has 0 radical (unpaired) electrons. The maximum absolute atomic E-state index is 4.42. The van der Waals surface area contributed by atoms with Crippen LogP contribution >= 0.6 is 11.3 Å². The average Bonchev–Trinajstić information content (AvgIpc) is 2.70. The van der Waals surface area contributed by atoms with Crippen LogP contribution in [0.5, 0.6) is 0 Å². The van der Waals surface area contributed by atoms with Crippen LogP contribution < -0.4 is 5.32 Å². The van der Waals surface area contributed by atoms with E-state index in [0.717, 1.165) is 6.54 Å². The van der Waals surface area contributed by atoms with Crippen molar-refractivity contribution < 1.29 is 0 Å². The first-order chi connectivity index (χ1) is 7.79. The van der Waals surface area contributed by atoms with Gasteiger partial charge in [-0.2, -0.15) is 0 Å². The highest BCUT2D eigenvalue weighted by Crippen LogP contribution is 2.25. The third-order valence-electron chi connectivity index (χ3n) is 3.54. The third-order valence-corrected chi connectivity index (χ3v) is 4.49. The molecular formula is C12H21N3S. The molecule has 16 heavy (non-hydrogen) atoms. The van der Waals surface area contributed by atoms with Crippen molar-refractivity contribution in [3.63, 3.8) is 0 Å². The molecule has 0 spiro atoms. The van der Waals surface area contributed by atoms with Crippen LogP contribution in [0.15, 0.2) is 11.6 Å². The number of nitrogens with zero attached hydrogens (tertiary/aromatic N) is 2. The normalized spacial score (nSPS) is 24.3. The van der Waals surface area contributed by atoms with Gasteiger partial charge in [0.05, 0.1) is 6.04 Å². The first-order valence-electron chi connectivity index (χ1n) is 6.11. The van der Waals surface area contributed by atoms with E-state index >= 15 is 0 Å². The molecule has 1 saturated heterocycles. The summed E-state index contributed by atoms with van der Waals surface area (Å²) in [6.45, 7) is 4.59. The third kappa shape index (κ3) is 2.81. The van der Waals surface area contributed by atoms with Gasteiger partial charge in [0.15, 0.2) is 0 Å². The van der Waals surface area contributed by atoms with Crippen LogP contribution in [-0.4, -0.2) is 36.1 Å². The Morgan fingerprint density at radius 2 is 2.38 bits per heavy atom. The minimum Gasteiger partial charge on any atom is -0.317 e. The zero-order valence-corrected chi connectivity index (χ0v) is 11.0. The fourth-order valence-corrected chi connectivity index (χ4v) is 3.09. The fourth-order valence-electron chi connectivity index (χ4n) is 2.34. The van der Waals surface area contributed by atoms with Gasteiger partial charge in [-0.15, -0.1) is 11.3 Å². The molecule has 2 rings (SSSR count). The summed E-state index contributed by atoms with van der Waals surface area (Å²) in [5.41, 5.74) is 0. The van der Waals surface area contributed by atoms with Crippen molar-refractivity contribution in [2.75, 3.05) is 20.1 Å². The minimum absolute atomic E-state index is 0.447. The minimum atomic E-state index is 0.447. The van der Waals surface area contributed by atoms with E-state index in [1.54, 1.807) is 11.3 Å². The van der Waals surface area contributed by atoms with Gasteiger partial charge in [0.25, 0.3) is 0 Å². The molecule has 0 bridgehead atoms. The Balaban J connectivity index is 1.97. The fraction of sp³-hybridized carbons (Fsp3) is 0.750. The van der Waals surface area contributed by atoms with Gasteiger partial charge in [0.1, 0.15) is 5.01 Å². The van der Waals surface area contributed by atoms with Gasteiger partial charge in [0, 0.05) is 17.6 Å². The summed E-state index contributed by atoms with van der Waals surface area (Å²) in [4.78, 5) is 6.91. The van der Waals surface area contributed by atoms with E-state index in [4.69, 9.17) is 0 Å². The molecule has 0 amide bonds. The lowest BCUT2D eigenvalue weighted by molar-refractivity contribution is 0.171. The number of hydrogen-bond donors (Lipinski definition) is 1. The van der Waals surface area contributed by atoms with Gasteiger partial charge in [-0.1, -0.05) is 0 Å². The van der Waals surface area contributed by atoms with Crippen LogP contribution in [0, 0.1) is 0 Å². The predicted molar refractivity (Wildman–Crippen MR) is 68.8 cm³/mol. The molecule has 1 aliphatic rings. The quantitative estimate of drug-likeness (QED) is 0.877. The topological polar surface area (TPSA) is 28.2 Å². The van der Waals surface area contributed by atoms with Crippen LogP contribution in [0.1, 0.15) is 37.2 Å². The standard InChI is InChI=1S/C12H21N3S/c1-10(12-14-8-9-16-12)15(2)11-4-3-6-13-7-5-11/h8-11,13H,3-7H2,1-2H3. The van der Waals surface area contributed by atoms with Crippen molar-refractivity contribution in [1.82, 2.24) is 15.2 Å². The highest BCUT2D eigenvalue weighted by atomic mass is 32.1. The van der Waals surface area contributed by atoms with Crippen molar-refractivity contribution >= 4 is 11.3 Å². The van der Waals surface area contributed by atoms with Gasteiger partial charge in [-0.3, -0.25) is 4.90 Å². The lowest BCUT2D eigenvalue weighted by atomic mass is 10.1. The molecule has 1 fully saturated rings. The van der Waals surface area contributed by atoms with Crippen molar-refractivity contribution in [3.8, 4) is 0 Å². The van der Waals surface area contributed by atoms with Crippen molar-refractivity contribution in [3.05, 3.63) is 16.6 Å². The van der Waals surface area contributed by atoms with Gasteiger partial charge in [-0.05, 0) is 46.3 Å². The largest absolute Gasteiger partial charge is 0.317 e. The molecule has 1 aliphatic heterocycles. The van der Waals surface area contributed by atoms with E-state index in [9.17, 15) is 0 Å². The van der Waals surface area contributed by atoms with E-state index in [-0.39, 0.29) is 0 Å². The second-order valence-electron chi connectivity index (χ2n) is 4.55. The van der Waals surface area contributed by atoms with Crippen LogP contribution in [0.25, 0.3) is 0 Å². The van der Waals surface area contributed by atoms with E-state index in [1.807, 2.05) is 6.20 Å². The van der Waals surface area contributed by atoms with E-state index in [0.29, 0.717) is 12.1 Å². The Labute approximate surface area is 102 Å². The second kappa shape index (κ2) is 5.75. The molecule has 2 unspecified atom stereocenters. The van der Waals surface area contributed by atoms with Gasteiger partial charge < -0.3 is 5.32 Å². The Hall–Kier alpha value is -0.450. The summed E-state index contributed by atoms with van der Waals surface area (Å²) >= 11 is 1.76. The molecule has 1 aromatic rings.